The van der Waals surface area contributed by atoms with Crippen LogP contribution in [-0.4, -0.2) is 52.6 Å². The van der Waals surface area contributed by atoms with Crippen molar-refractivity contribution < 1.29 is 0 Å². The Morgan fingerprint density at radius 2 is 1.94 bits per heavy atom. The largest absolute Gasteiger partial charge is 0.330 e. The smallest absolute Gasteiger partial charge is 0.124 e. The number of imidazole rings is 1. The van der Waals surface area contributed by atoms with Crippen LogP contribution >= 0.6 is 15.9 Å². The van der Waals surface area contributed by atoms with Gasteiger partial charge in [-0.1, -0.05) is 0 Å². The summed E-state index contributed by atoms with van der Waals surface area (Å²) in [6.45, 7) is 9.94. The summed E-state index contributed by atoms with van der Waals surface area (Å²) in [4.78, 5) is 9.43. The SMILES string of the molecule is CC(C)n1cc(Br)nc1CN1CCN(C)CC1. The molecule has 5 heteroatoms. The van der Waals surface area contributed by atoms with Crippen LogP contribution in [0.1, 0.15) is 25.7 Å². The Balaban J connectivity index is 2.03. The normalized spacial score (nSPS) is 19.1. The predicted molar refractivity (Wildman–Crippen MR) is 73.1 cm³/mol. The van der Waals surface area contributed by atoms with Gasteiger partial charge in [-0.2, -0.15) is 0 Å². The Bertz CT molecular complexity index is 367. The van der Waals surface area contributed by atoms with Crippen LogP contribution < -0.4 is 0 Å². The standard InChI is InChI=1S/C12H21BrN4/c1-10(2)17-8-11(13)14-12(17)9-16-6-4-15(3)5-7-16/h8,10H,4-7,9H2,1-3H3. The summed E-state index contributed by atoms with van der Waals surface area (Å²) >= 11 is 3.47. The molecule has 0 bridgehead atoms. The molecule has 4 nitrogen and oxygen atoms in total. The van der Waals surface area contributed by atoms with Crippen LogP contribution in [0.15, 0.2) is 10.8 Å². The molecule has 2 heterocycles. The Morgan fingerprint density at radius 3 is 2.53 bits per heavy atom. The Hall–Kier alpha value is -0.390. The third-order valence-corrected chi connectivity index (χ3v) is 3.68. The first-order valence-electron chi connectivity index (χ1n) is 6.20. The number of aromatic nitrogens is 2. The molecule has 0 atom stereocenters. The van der Waals surface area contributed by atoms with Gasteiger partial charge in [0.05, 0.1) is 6.54 Å². The molecule has 0 N–H and O–H groups in total. The van der Waals surface area contributed by atoms with Crippen molar-refractivity contribution in [3.63, 3.8) is 0 Å². The molecule has 0 saturated carbocycles. The molecule has 0 unspecified atom stereocenters. The summed E-state index contributed by atoms with van der Waals surface area (Å²) in [5, 5.41) is 0. The van der Waals surface area contributed by atoms with Gasteiger partial charge in [-0.3, -0.25) is 4.90 Å². The van der Waals surface area contributed by atoms with Crippen LogP contribution in [0.2, 0.25) is 0 Å². The van der Waals surface area contributed by atoms with Gasteiger partial charge in [0.2, 0.25) is 0 Å². The second kappa shape index (κ2) is 5.50. The third-order valence-electron chi connectivity index (χ3n) is 3.30. The molecule has 0 aliphatic carbocycles. The van der Waals surface area contributed by atoms with Crippen molar-refractivity contribution in [2.45, 2.75) is 26.4 Å². The molecule has 0 amide bonds. The molecular formula is C12H21BrN4. The summed E-state index contributed by atoms with van der Waals surface area (Å²) in [6, 6.07) is 0.469. The number of hydrogen-bond acceptors (Lipinski definition) is 3. The number of piperazine rings is 1. The summed E-state index contributed by atoms with van der Waals surface area (Å²) in [5.41, 5.74) is 0. The molecule has 1 aromatic heterocycles. The molecule has 0 spiro atoms. The van der Waals surface area contributed by atoms with Crippen molar-refractivity contribution in [3.8, 4) is 0 Å². The molecule has 0 radical (unpaired) electrons. The van der Waals surface area contributed by atoms with Crippen LogP contribution in [0.4, 0.5) is 0 Å². The topological polar surface area (TPSA) is 24.3 Å². The highest BCUT2D eigenvalue weighted by Crippen LogP contribution is 2.17. The molecule has 1 aliphatic heterocycles. The highest BCUT2D eigenvalue weighted by molar-refractivity contribution is 9.10. The molecule has 1 fully saturated rings. The van der Waals surface area contributed by atoms with Crippen LogP contribution in [-0.2, 0) is 6.54 Å². The van der Waals surface area contributed by atoms with Crippen molar-refractivity contribution in [3.05, 3.63) is 16.6 Å². The molecule has 2 rings (SSSR count). The second-order valence-corrected chi connectivity index (χ2v) is 5.87. The van der Waals surface area contributed by atoms with Crippen molar-refractivity contribution in [1.82, 2.24) is 19.4 Å². The van der Waals surface area contributed by atoms with Crippen molar-refractivity contribution >= 4 is 15.9 Å². The van der Waals surface area contributed by atoms with Gasteiger partial charge >= 0.3 is 0 Å². The lowest BCUT2D eigenvalue weighted by Gasteiger charge is -2.32. The zero-order valence-electron chi connectivity index (χ0n) is 10.9. The van der Waals surface area contributed by atoms with Gasteiger partial charge in [0.1, 0.15) is 10.4 Å². The van der Waals surface area contributed by atoms with E-state index in [1.54, 1.807) is 0 Å². The van der Waals surface area contributed by atoms with Gasteiger partial charge in [-0.15, -0.1) is 0 Å². The summed E-state index contributed by atoms with van der Waals surface area (Å²) in [6.07, 6.45) is 2.08. The van der Waals surface area contributed by atoms with Crippen LogP contribution in [0.3, 0.4) is 0 Å². The molecule has 1 aromatic rings. The molecule has 0 aromatic carbocycles. The average Bonchev–Trinajstić information content (AvgIpc) is 2.63. The van der Waals surface area contributed by atoms with Crippen LogP contribution in [0.5, 0.6) is 0 Å². The second-order valence-electron chi connectivity index (χ2n) is 5.06. The fourth-order valence-corrected chi connectivity index (χ4v) is 2.59. The number of hydrogen-bond donors (Lipinski definition) is 0. The maximum Gasteiger partial charge on any atom is 0.124 e. The number of halogens is 1. The van der Waals surface area contributed by atoms with Gasteiger partial charge in [-0.25, -0.2) is 4.98 Å². The van der Waals surface area contributed by atoms with E-state index in [0.717, 1.165) is 43.2 Å². The fourth-order valence-electron chi connectivity index (χ4n) is 2.17. The molecule has 96 valence electrons. The minimum absolute atomic E-state index is 0.469. The molecule has 17 heavy (non-hydrogen) atoms. The maximum atomic E-state index is 4.57. The Morgan fingerprint density at radius 1 is 1.29 bits per heavy atom. The first kappa shape index (κ1) is 13.1. The zero-order valence-corrected chi connectivity index (χ0v) is 12.4. The van der Waals surface area contributed by atoms with E-state index in [4.69, 9.17) is 0 Å². The first-order chi connectivity index (χ1) is 8.06. The summed E-state index contributed by atoms with van der Waals surface area (Å²) in [5.74, 6) is 1.16. The highest BCUT2D eigenvalue weighted by Gasteiger charge is 2.17. The van der Waals surface area contributed by atoms with Crippen molar-refractivity contribution in [2.75, 3.05) is 33.2 Å². The Labute approximate surface area is 112 Å². The maximum absolute atomic E-state index is 4.57. The van der Waals surface area contributed by atoms with Crippen molar-refractivity contribution in [2.24, 2.45) is 0 Å². The quantitative estimate of drug-likeness (QED) is 0.853. The van der Waals surface area contributed by atoms with E-state index < -0.39 is 0 Å². The van der Waals surface area contributed by atoms with Gasteiger partial charge in [0.25, 0.3) is 0 Å². The zero-order chi connectivity index (χ0) is 12.4. The monoisotopic (exact) mass is 300 g/mol. The van der Waals surface area contributed by atoms with E-state index >= 15 is 0 Å². The van der Waals surface area contributed by atoms with E-state index in [1.165, 1.54) is 0 Å². The van der Waals surface area contributed by atoms with E-state index in [9.17, 15) is 0 Å². The van der Waals surface area contributed by atoms with E-state index in [-0.39, 0.29) is 0 Å². The third kappa shape index (κ3) is 3.30. The summed E-state index contributed by atoms with van der Waals surface area (Å²) in [7, 11) is 2.18. The average molecular weight is 301 g/mol. The predicted octanol–water partition coefficient (Wildman–Crippen LogP) is 1.97. The van der Waals surface area contributed by atoms with Gasteiger partial charge < -0.3 is 9.47 Å². The fraction of sp³-hybridized carbons (Fsp3) is 0.750. The molecule has 1 aliphatic rings. The summed E-state index contributed by atoms with van der Waals surface area (Å²) < 4.78 is 3.19. The van der Waals surface area contributed by atoms with Gasteiger partial charge in [-0.05, 0) is 36.8 Å². The number of likely N-dealkylation sites (N-methyl/N-ethyl adjacent to an activating group) is 1. The first-order valence-corrected chi connectivity index (χ1v) is 6.99. The van der Waals surface area contributed by atoms with E-state index in [1.807, 2.05) is 0 Å². The highest BCUT2D eigenvalue weighted by atomic mass is 79.9. The minimum atomic E-state index is 0.469. The lowest BCUT2D eigenvalue weighted by molar-refractivity contribution is 0.143. The molecular weight excluding hydrogens is 280 g/mol. The van der Waals surface area contributed by atoms with Crippen LogP contribution in [0.25, 0.3) is 0 Å². The Kier molecular flexibility index (Phi) is 4.22. The number of rotatable bonds is 3. The lowest BCUT2D eigenvalue weighted by Crippen LogP contribution is -2.44. The van der Waals surface area contributed by atoms with Gasteiger partial charge in [0.15, 0.2) is 0 Å². The van der Waals surface area contributed by atoms with E-state index in [2.05, 4.69) is 62.4 Å². The van der Waals surface area contributed by atoms with Crippen molar-refractivity contribution in [1.29, 1.82) is 0 Å². The molecule has 1 saturated heterocycles. The van der Waals surface area contributed by atoms with E-state index in [0.29, 0.717) is 6.04 Å². The lowest BCUT2D eigenvalue weighted by atomic mass is 10.3. The minimum Gasteiger partial charge on any atom is -0.330 e. The van der Waals surface area contributed by atoms with Gasteiger partial charge in [0, 0.05) is 38.4 Å². The number of nitrogens with zero attached hydrogens (tertiary/aromatic N) is 4. The van der Waals surface area contributed by atoms with Crippen LogP contribution in [0, 0.1) is 0 Å².